The van der Waals surface area contributed by atoms with Crippen LogP contribution in [-0.2, 0) is 20.9 Å². The average Bonchev–Trinajstić information content (AvgIpc) is 2.94. The zero-order valence-corrected chi connectivity index (χ0v) is 14.7. The van der Waals surface area contributed by atoms with E-state index in [0.717, 1.165) is 23.5 Å². The van der Waals surface area contributed by atoms with Crippen molar-refractivity contribution in [1.29, 1.82) is 0 Å². The number of amides is 2. The van der Waals surface area contributed by atoms with Gasteiger partial charge in [0, 0.05) is 25.4 Å². The highest BCUT2D eigenvalue weighted by Gasteiger charge is 2.48. The maximum atomic E-state index is 12.3. The molecule has 6 nitrogen and oxygen atoms in total. The normalized spacial score (nSPS) is 24.3. The highest BCUT2D eigenvalue weighted by Crippen LogP contribution is 2.36. The van der Waals surface area contributed by atoms with Crippen molar-refractivity contribution in [2.24, 2.45) is 0 Å². The van der Waals surface area contributed by atoms with Gasteiger partial charge in [0.05, 0.1) is 28.9 Å². The number of carbonyl (C=O) groups excluding carboxylic acids is 2. The zero-order chi connectivity index (χ0) is 16.6. The second-order valence-corrected chi connectivity index (χ2v) is 7.48. The summed E-state index contributed by atoms with van der Waals surface area (Å²) in [7, 11) is 0. The minimum absolute atomic E-state index is 0.0140. The second kappa shape index (κ2) is 6.20. The number of morpholine rings is 1. The summed E-state index contributed by atoms with van der Waals surface area (Å²) in [5.74, 6) is 0.122. The fourth-order valence-corrected chi connectivity index (χ4v) is 4.16. The Labute approximate surface area is 140 Å². The van der Waals surface area contributed by atoms with Gasteiger partial charge in [-0.25, -0.2) is 4.98 Å². The first kappa shape index (κ1) is 16.4. The summed E-state index contributed by atoms with van der Waals surface area (Å²) in [4.78, 5) is 32.1. The number of rotatable bonds is 2. The Balaban J connectivity index is 1.74. The molecule has 0 aliphatic carbocycles. The molecular formula is C16H23N3O3S. The van der Waals surface area contributed by atoms with Crippen molar-refractivity contribution in [2.45, 2.75) is 51.8 Å². The van der Waals surface area contributed by atoms with E-state index < -0.39 is 0 Å². The van der Waals surface area contributed by atoms with Crippen LogP contribution in [0.5, 0.6) is 0 Å². The van der Waals surface area contributed by atoms with Crippen LogP contribution in [0.25, 0.3) is 0 Å². The molecule has 2 fully saturated rings. The van der Waals surface area contributed by atoms with E-state index in [1.165, 1.54) is 0 Å². The molecule has 0 radical (unpaired) electrons. The molecule has 0 saturated carbocycles. The Hall–Kier alpha value is -1.47. The molecule has 2 aliphatic heterocycles. The molecule has 0 bridgehead atoms. The van der Waals surface area contributed by atoms with Crippen LogP contribution in [0.15, 0.2) is 5.38 Å². The molecule has 3 rings (SSSR count). The summed E-state index contributed by atoms with van der Waals surface area (Å²) in [6.45, 7) is 7.66. The summed E-state index contributed by atoms with van der Waals surface area (Å²) in [5.41, 5.74) is 0.594. The van der Waals surface area contributed by atoms with Gasteiger partial charge in [0.2, 0.25) is 11.8 Å². The largest absolute Gasteiger partial charge is 0.363 e. The molecule has 0 N–H and O–H groups in total. The van der Waals surface area contributed by atoms with Crippen molar-refractivity contribution >= 4 is 23.2 Å². The second-order valence-electron chi connectivity index (χ2n) is 6.41. The first-order chi connectivity index (χ1) is 10.9. The van der Waals surface area contributed by atoms with E-state index in [2.05, 4.69) is 11.9 Å². The van der Waals surface area contributed by atoms with Gasteiger partial charge < -0.3 is 14.5 Å². The summed E-state index contributed by atoms with van der Waals surface area (Å²) < 4.78 is 5.99. The van der Waals surface area contributed by atoms with Crippen molar-refractivity contribution in [1.82, 2.24) is 14.8 Å². The molecule has 1 aromatic heterocycles. The third kappa shape index (κ3) is 3.12. The Morgan fingerprint density at radius 2 is 2.17 bits per heavy atom. The number of nitrogens with zero attached hydrogens (tertiary/aromatic N) is 3. The molecule has 0 aromatic carbocycles. The predicted molar refractivity (Wildman–Crippen MR) is 87.0 cm³/mol. The fourth-order valence-electron chi connectivity index (χ4n) is 3.55. The number of hydrogen-bond acceptors (Lipinski definition) is 5. The molecule has 126 valence electrons. The van der Waals surface area contributed by atoms with Crippen LogP contribution in [0.4, 0.5) is 0 Å². The smallest absolute Gasteiger partial charge is 0.249 e. The Morgan fingerprint density at radius 3 is 2.74 bits per heavy atom. The van der Waals surface area contributed by atoms with Gasteiger partial charge in [-0.05, 0) is 26.7 Å². The van der Waals surface area contributed by atoms with Crippen LogP contribution in [0.3, 0.4) is 0 Å². The number of piperidine rings is 1. The monoisotopic (exact) mass is 337 g/mol. The average molecular weight is 337 g/mol. The number of ether oxygens (including phenoxy) is 1. The maximum Gasteiger partial charge on any atom is 0.249 e. The molecule has 23 heavy (non-hydrogen) atoms. The van der Waals surface area contributed by atoms with Crippen molar-refractivity contribution in [3.8, 4) is 0 Å². The lowest BCUT2D eigenvalue weighted by molar-refractivity contribution is -0.189. The van der Waals surface area contributed by atoms with Crippen LogP contribution < -0.4 is 0 Å². The third-order valence-electron chi connectivity index (χ3n) is 5.09. The lowest BCUT2D eigenvalue weighted by atomic mass is 9.82. The molecule has 1 aromatic rings. The Bertz CT molecular complexity index is 607. The van der Waals surface area contributed by atoms with E-state index in [0.29, 0.717) is 19.6 Å². The van der Waals surface area contributed by atoms with Crippen LogP contribution in [0.2, 0.25) is 0 Å². The highest BCUT2D eigenvalue weighted by molar-refractivity contribution is 7.09. The van der Waals surface area contributed by atoms with E-state index in [1.807, 2.05) is 22.1 Å². The molecule has 3 heterocycles. The van der Waals surface area contributed by atoms with Gasteiger partial charge in [0.15, 0.2) is 0 Å². The zero-order valence-electron chi connectivity index (χ0n) is 13.9. The third-order valence-corrected chi connectivity index (χ3v) is 5.91. The van der Waals surface area contributed by atoms with Crippen molar-refractivity contribution in [3.63, 3.8) is 0 Å². The summed E-state index contributed by atoms with van der Waals surface area (Å²) in [5, 5.41) is 3.02. The van der Waals surface area contributed by atoms with Crippen LogP contribution >= 0.6 is 11.3 Å². The predicted octanol–water partition coefficient (Wildman–Crippen LogP) is 1.58. The first-order valence-electron chi connectivity index (χ1n) is 8.01. The molecular weight excluding hydrogens is 314 g/mol. The lowest BCUT2D eigenvalue weighted by Crippen LogP contribution is -2.63. The molecule has 1 atom stereocenters. The summed E-state index contributed by atoms with van der Waals surface area (Å²) in [6.07, 6.45) is 1.54. The van der Waals surface area contributed by atoms with E-state index in [4.69, 9.17) is 4.74 Å². The Kier molecular flexibility index (Phi) is 4.42. The van der Waals surface area contributed by atoms with Crippen molar-refractivity contribution < 1.29 is 14.3 Å². The highest BCUT2D eigenvalue weighted by atomic mass is 32.1. The SMILES string of the molecule is CC(=O)N1CCC2(CC1)OCC(=O)N(Cc1csc(C)n1)C2C. The summed E-state index contributed by atoms with van der Waals surface area (Å²) in [6, 6.07) is -0.0140. The minimum Gasteiger partial charge on any atom is -0.363 e. The van der Waals surface area contributed by atoms with Gasteiger partial charge in [-0.2, -0.15) is 0 Å². The molecule has 7 heteroatoms. The molecule has 2 aliphatic rings. The molecule has 1 spiro atoms. The number of hydrogen-bond donors (Lipinski definition) is 0. The number of carbonyl (C=O) groups is 2. The number of aromatic nitrogens is 1. The van der Waals surface area contributed by atoms with Gasteiger partial charge in [-0.1, -0.05) is 0 Å². The van der Waals surface area contributed by atoms with Crippen LogP contribution in [0.1, 0.15) is 37.4 Å². The van der Waals surface area contributed by atoms with E-state index in [1.54, 1.807) is 18.3 Å². The standard InChI is InChI=1S/C16H23N3O3S/c1-11-16(4-6-18(7-5-16)13(3)20)22-9-15(21)19(11)8-14-10-23-12(2)17-14/h10-11H,4-9H2,1-3H3. The first-order valence-corrected chi connectivity index (χ1v) is 8.89. The quantitative estimate of drug-likeness (QED) is 0.822. The van der Waals surface area contributed by atoms with Gasteiger partial charge in [-0.15, -0.1) is 11.3 Å². The van der Waals surface area contributed by atoms with Crippen molar-refractivity contribution in [3.05, 3.63) is 16.1 Å². The summed E-state index contributed by atoms with van der Waals surface area (Å²) >= 11 is 1.60. The van der Waals surface area contributed by atoms with Gasteiger partial charge in [-0.3, -0.25) is 9.59 Å². The fraction of sp³-hybridized carbons (Fsp3) is 0.688. The Morgan fingerprint density at radius 1 is 1.48 bits per heavy atom. The van der Waals surface area contributed by atoms with E-state index in [9.17, 15) is 9.59 Å². The molecule has 2 amide bonds. The molecule has 2 saturated heterocycles. The lowest BCUT2D eigenvalue weighted by Gasteiger charge is -2.51. The maximum absolute atomic E-state index is 12.3. The van der Waals surface area contributed by atoms with Gasteiger partial charge >= 0.3 is 0 Å². The topological polar surface area (TPSA) is 62.7 Å². The number of thiazole rings is 1. The van der Waals surface area contributed by atoms with Gasteiger partial charge in [0.1, 0.15) is 6.61 Å². The molecule has 1 unspecified atom stereocenters. The van der Waals surface area contributed by atoms with E-state index >= 15 is 0 Å². The minimum atomic E-state index is -0.342. The van der Waals surface area contributed by atoms with Gasteiger partial charge in [0.25, 0.3) is 0 Å². The van der Waals surface area contributed by atoms with E-state index in [-0.39, 0.29) is 30.1 Å². The van der Waals surface area contributed by atoms with Crippen molar-refractivity contribution in [2.75, 3.05) is 19.7 Å². The van der Waals surface area contributed by atoms with Crippen LogP contribution in [0, 0.1) is 6.92 Å². The van der Waals surface area contributed by atoms with Crippen LogP contribution in [-0.4, -0.2) is 57.9 Å². The number of aryl methyl sites for hydroxylation is 1. The number of likely N-dealkylation sites (tertiary alicyclic amines) is 1.